The quantitative estimate of drug-likeness (QED) is 0.754. The van der Waals surface area contributed by atoms with E-state index in [-0.39, 0.29) is 11.7 Å². The molecule has 1 heterocycles. The number of hydrogen-bond acceptors (Lipinski definition) is 4. The number of nitrogen functional groups attached to an aromatic ring is 1. The Morgan fingerprint density at radius 1 is 1.62 bits per heavy atom. The van der Waals surface area contributed by atoms with Crippen molar-refractivity contribution in [3.63, 3.8) is 0 Å². The largest absolute Gasteiger partial charge is 0.383 e. The monoisotopic (exact) mass is 222 g/mol. The zero-order valence-electron chi connectivity index (χ0n) is 9.73. The molecule has 0 saturated heterocycles. The van der Waals surface area contributed by atoms with Gasteiger partial charge in [0.1, 0.15) is 5.82 Å². The van der Waals surface area contributed by atoms with Crippen LogP contribution >= 0.6 is 0 Å². The summed E-state index contributed by atoms with van der Waals surface area (Å²) >= 11 is 0. The van der Waals surface area contributed by atoms with E-state index in [1.165, 1.54) is 0 Å². The summed E-state index contributed by atoms with van der Waals surface area (Å²) in [6, 6.07) is 3.37. The Morgan fingerprint density at radius 3 is 3.00 bits per heavy atom. The van der Waals surface area contributed by atoms with Gasteiger partial charge in [-0.15, -0.1) is 0 Å². The molecule has 1 rings (SSSR count). The van der Waals surface area contributed by atoms with E-state index in [1.54, 1.807) is 18.3 Å². The molecule has 0 saturated carbocycles. The first kappa shape index (κ1) is 12.4. The first-order valence-electron chi connectivity index (χ1n) is 5.32. The Bertz CT molecular complexity index is 354. The molecule has 0 bridgehead atoms. The fourth-order valence-electron chi connectivity index (χ4n) is 1.22. The van der Waals surface area contributed by atoms with Gasteiger partial charge in [-0.3, -0.25) is 4.79 Å². The van der Waals surface area contributed by atoms with Crippen molar-refractivity contribution < 1.29 is 4.79 Å². The molecule has 1 amide bonds. The van der Waals surface area contributed by atoms with Crippen molar-refractivity contribution in [2.75, 3.05) is 32.4 Å². The van der Waals surface area contributed by atoms with Crippen LogP contribution in [0.4, 0.5) is 5.82 Å². The lowest BCUT2D eigenvalue weighted by Crippen LogP contribution is -2.33. The summed E-state index contributed by atoms with van der Waals surface area (Å²) < 4.78 is 0. The van der Waals surface area contributed by atoms with E-state index in [1.807, 2.05) is 7.05 Å². The van der Waals surface area contributed by atoms with E-state index in [9.17, 15) is 4.79 Å². The van der Waals surface area contributed by atoms with E-state index < -0.39 is 0 Å². The predicted octanol–water partition coefficient (Wildman–Crippen LogP) is 0.345. The van der Waals surface area contributed by atoms with E-state index in [2.05, 4.69) is 22.1 Å². The van der Waals surface area contributed by atoms with Crippen molar-refractivity contribution in [1.29, 1.82) is 0 Å². The van der Waals surface area contributed by atoms with Crippen LogP contribution in [0.5, 0.6) is 0 Å². The van der Waals surface area contributed by atoms with Crippen LogP contribution in [0, 0.1) is 0 Å². The van der Waals surface area contributed by atoms with Crippen LogP contribution in [0.1, 0.15) is 17.3 Å². The number of nitrogens with two attached hydrogens (primary N) is 1. The van der Waals surface area contributed by atoms with Crippen LogP contribution in [0.2, 0.25) is 0 Å². The molecule has 0 unspecified atom stereocenters. The summed E-state index contributed by atoms with van der Waals surface area (Å²) in [4.78, 5) is 17.7. The number of carbonyl (C=O) groups is 1. The molecule has 0 aliphatic rings. The van der Waals surface area contributed by atoms with Crippen LogP contribution in [0.25, 0.3) is 0 Å². The maximum absolute atomic E-state index is 11.7. The summed E-state index contributed by atoms with van der Waals surface area (Å²) in [5.41, 5.74) is 6.03. The lowest BCUT2D eigenvalue weighted by atomic mass is 10.2. The Kier molecular flexibility index (Phi) is 4.72. The topological polar surface area (TPSA) is 71.2 Å². The third-order valence-electron chi connectivity index (χ3n) is 2.40. The highest BCUT2D eigenvalue weighted by Crippen LogP contribution is 2.05. The number of nitrogens with one attached hydrogen (secondary N) is 1. The molecule has 0 spiro atoms. The van der Waals surface area contributed by atoms with Gasteiger partial charge in [-0.1, -0.05) is 6.92 Å². The number of amides is 1. The van der Waals surface area contributed by atoms with E-state index in [0.29, 0.717) is 12.1 Å². The van der Waals surface area contributed by atoms with E-state index in [4.69, 9.17) is 5.73 Å². The van der Waals surface area contributed by atoms with Crippen LogP contribution in [-0.4, -0.2) is 42.5 Å². The highest BCUT2D eigenvalue weighted by atomic mass is 16.1. The summed E-state index contributed by atoms with van der Waals surface area (Å²) in [6.45, 7) is 4.46. The number of nitrogens with zero attached hydrogens (tertiary/aromatic N) is 2. The first-order chi connectivity index (χ1) is 7.65. The van der Waals surface area contributed by atoms with Gasteiger partial charge in [0, 0.05) is 19.3 Å². The number of aromatic nitrogens is 1. The molecule has 1 aromatic heterocycles. The van der Waals surface area contributed by atoms with Gasteiger partial charge in [-0.05, 0) is 25.7 Å². The molecule has 5 nitrogen and oxygen atoms in total. The molecular weight excluding hydrogens is 204 g/mol. The minimum Gasteiger partial charge on any atom is -0.383 e. The lowest BCUT2D eigenvalue weighted by Gasteiger charge is -2.14. The number of anilines is 1. The van der Waals surface area contributed by atoms with E-state index in [0.717, 1.165) is 13.1 Å². The van der Waals surface area contributed by atoms with E-state index >= 15 is 0 Å². The molecule has 5 heteroatoms. The first-order valence-corrected chi connectivity index (χ1v) is 5.32. The van der Waals surface area contributed by atoms with Crippen molar-refractivity contribution >= 4 is 11.7 Å². The SMILES string of the molecule is CCN(C)CCNC(=O)c1cccnc1N. The average molecular weight is 222 g/mol. The summed E-state index contributed by atoms with van der Waals surface area (Å²) in [5.74, 6) is 0.0962. The van der Waals surface area contributed by atoms with Crippen LogP contribution in [0.15, 0.2) is 18.3 Å². The zero-order valence-corrected chi connectivity index (χ0v) is 9.73. The molecule has 88 valence electrons. The highest BCUT2D eigenvalue weighted by Gasteiger charge is 2.08. The van der Waals surface area contributed by atoms with Gasteiger partial charge in [-0.2, -0.15) is 0 Å². The molecule has 1 aromatic rings. The summed E-state index contributed by atoms with van der Waals surface area (Å²) in [6.07, 6.45) is 1.57. The molecule has 16 heavy (non-hydrogen) atoms. The second-order valence-corrected chi connectivity index (χ2v) is 3.59. The van der Waals surface area contributed by atoms with Crippen LogP contribution < -0.4 is 11.1 Å². The third kappa shape index (κ3) is 3.51. The van der Waals surface area contributed by atoms with Gasteiger partial charge in [0.05, 0.1) is 5.56 Å². The molecule has 0 radical (unpaired) electrons. The Balaban J connectivity index is 2.44. The average Bonchev–Trinajstić information content (AvgIpc) is 2.29. The molecule has 3 N–H and O–H groups in total. The van der Waals surface area contributed by atoms with Crippen molar-refractivity contribution in [3.8, 4) is 0 Å². The van der Waals surface area contributed by atoms with Gasteiger partial charge in [-0.25, -0.2) is 4.98 Å². The maximum Gasteiger partial charge on any atom is 0.255 e. The Hall–Kier alpha value is -1.62. The fourth-order valence-corrected chi connectivity index (χ4v) is 1.22. The summed E-state index contributed by atoms with van der Waals surface area (Å²) in [5, 5.41) is 2.80. The summed E-state index contributed by atoms with van der Waals surface area (Å²) in [7, 11) is 2.00. The maximum atomic E-state index is 11.7. The van der Waals surface area contributed by atoms with Crippen LogP contribution in [0.3, 0.4) is 0 Å². The number of rotatable bonds is 5. The predicted molar refractivity (Wildman–Crippen MR) is 64.2 cm³/mol. The third-order valence-corrected chi connectivity index (χ3v) is 2.40. The second-order valence-electron chi connectivity index (χ2n) is 3.59. The molecule has 0 aliphatic heterocycles. The van der Waals surface area contributed by atoms with Crippen molar-refractivity contribution in [2.45, 2.75) is 6.92 Å². The van der Waals surface area contributed by atoms with Crippen LogP contribution in [-0.2, 0) is 0 Å². The smallest absolute Gasteiger partial charge is 0.255 e. The lowest BCUT2D eigenvalue weighted by molar-refractivity contribution is 0.0951. The van der Waals surface area contributed by atoms with Gasteiger partial charge in [0.15, 0.2) is 0 Å². The van der Waals surface area contributed by atoms with Gasteiger partial charge in [0.25, 0.3) is 5.91 Å². The molecule has 0 aliphatic carbocycles. The normalized spacial score (nSPS) is 10.4. The number of carbonyl (C=O) groups excluding carboxylic acids is 1. The van der Waals surface area contributed by atoms with Gasteiger partial charge < -0.3 is 16.0 Å². The zero-order chi connectivity index (χ0) is 12.0. The van der Waals surface area contributed by atoms with Gasteiger partial charge >= 0.3 is 0 Å². The number of hydrogen-bond donors (Lipinski definition) is 2. The number of pyridine rings is 1. The molecule has 0 atom stereocenters. The molecule has 0 fully saturated rings. The fraction of sp³-hybridized carbons (Fsp3) is 0.455. The molecular formula is C11H18N4O. The standard InChI is InChI=1S/C11H18N4O/c1-3-15(2)8-7-14-11(16)9-5-4-6-13-10(9)12/h4-6H,3,7-8H2,1-2H3,(H2,12,13)(H,14,16). The minimum absolute atomic E-state index is 0.171. The Morgan fingerprint density at radius 2 is 2.38 bits per heavy atom. The minimum atomic E-state index is -0.171. The van der Waals surface area contributed by atoms with Crippen molar-refractivity contribution in [2.24, 2.45) is 0 Å². The van der Waals surface area contributed by atoms with Crippen molar-refractivity contribution in [1.82, 2.24) is 15.2 Å². The molecule has 0 aromatic carbocycles. The highest BCUT2D eigenvalue weighted by molar-refractivity contribution is 5.98. The second kappa shape index (κ2) is 6.07. The Labute approximate surface area is 95.7 Å². The van der Waals surface area contributed by atoms with Crippen molar-refractivity contribution in [3.05, 3.63) is 23.9 Å². The van der Waals surface area contributed by atoms with Gasteiger partial charge in [0.2, 0.25) is 0 Å². The number of likely N-dealkylation sites (N-methyl/N-ethyl adjacent to an activating group) is 1.